The van der Waals surface area contributed by atoms with E-state index in [1.54, 1.807) is 6.07 Å². The molecule has 0 fully saturated rings. The smallest absolute Gasteiger partial charge is 0.351 e. The molecule has 0 saturated carbocycles. The molecule has 0 aliphatic heterocycles. The second kappa shape index (κ2) is 6.31. The van der Waals surface area contributed by atoms with E-state index < -0.39 is 11.6 Å². The van der Waals surface area contributed by atoms with Crippen LogP contribution in [0.1, 0.15) is 20.8 Å². The van der Waals surface area contributed by atoms with E-state index >= 15 is 0 Å². The Morgan fingerprint density at radius 2 is 1.85 bits per heavy atom. The lowest BCUT2D eigenvalue weighted by molar-refractivity contribution is 0.0728. The summed E-state index contributed by atoms with van der Waals surface area (Å²) < 4.78 is 16.3. The second-order valence-electron chi connectivity index (χ2n) is 5.84. The molecule has 26 heavy (non-hydrogen) atoms. The van der Waals surface area contributed by atoms with Crippen LogP contribution in [0.25, 0.3) is 22.5 Å². The molecule has 0 atom stereocenters. The summed E-state index contributed by atoms with van der Waals surface area (Å²) in [5, 5.41) is 2.79. The number of benzene rings is 1. The molecule has 4 rings (SSSR count). The summed E-state index contributed by atoms with van der Waals surface area (Å²) in [6, 6.07) is 12.2. The van der Waals surface area contributed by atoms with Gasteiger partial charge in [-0.05, 0) is 43.5 Å². The average molecular weight is 366 g/mol. The van der Waals surface area contributed by atoms with Gasteiger partial charge in [0, 0.05) is 15.8 Å². The number of fused-ring (bicyclic) bond motifs is 1. The normalized spacial score (nSPS) is 11.0. The largest absolute Gasteiger partial charge is 0.453 e. The van der Waals surface area contributed by atoms with Gasteiger partial charge in [0.15, 0.2) is 11.5 Å². The number of esters is 1. The van der Waals surface area contributed by atoms with E-state index in [1.807, 2.05) is 43.5 Å². The van der Waals surface area contributed by atoms with E-state index in [4.69, 9.17) is 13.6 Å². The molecule has 0 unspecified atom stereocenters. The molecule has 6 heteroatoms. The average Bonchev–Trinajstić information content (AvgIpc) is 3.20. The Labute approximate surface area is 152 Å². The SMILES string of the molecule is Cc1csc(C)c1OC(=O)c1ccc(-c2cc3ccccc3o2)oc1=O. The molecule has 3 aromatic heterocycles. The van der Waals surface area contributed by atoms with E-state index in [-0.39, 0.29) is 11.3 Å². The van der Waals surface area contributed by atoms with Gasteiger partial charge in [-0.25, -0.2) is 9.59 Å². The molecule has 0 spiro atoms. The van der Waals surface area contributed by atoms with Crippen LogP contribution in [0.4, 0.5) is 0 Å². The zero-order valence-electron chi connectivity index (χ0n) is 14.1. The Kier molecular flexibility index (Phi) is 3.97. The van der Waals surface area contributed by atoms with E-state index in [1.165, 1.54) is 23.5 Å². The molecule has 0 N–H and O–H groups in total. The van der Waals surface area contributed by atoms with Crippen LogP contribution in [0, 0.1) is 13.8 Å². The summed E-state index contributed by atoms with van der Waals surface area (Å²) in [6.07, 6.45) is 0. The first-order chi connectivity index (χ1) is 12.5. The number of aryl methyl sites for hydroxylation is 2. The summed E-state index contributed by atoms with van der Waals surface area (Å²) in [4.78, 5) is 25.5. The molecule has 0 saturated heterocycles. The van der Waals surface area contributed by atoms with Crippen molar-refractivity contribution in [2.75, 3.05) is 0 Å². The van der Waals surface area contributed by atoms with Crippen LogP contribution >= 0.6 is 11.3 Å². The summed E-state index contributed by atoms with van der Waals surface area (Å²) in [6.45, 7) is 3.70. The minimum atomic E-state index is -0.765. The minimum absolute atomic E-state index is 0.158. The summed E-state index contributed by atoms with van der Waals surface area (Å²) >= 11 is 1.48. The number of thiophene rings is 1. The highest BCUT2D eigenvalue weighted by atomic mass is 32.1. The topological polar surface area (TPSA) is 69.7 Å². The lowest BCUT2D eigenvalue weighted by atomic mass is 10.2. The number of hydrogen-bond acceptors (Lipinski definition) is 6. The van der Waals surface area contributed by atoms with Crippen molar-refractivity contribution in [3.63, 3.8) is 0 Å². The lowest BCUT2D eigenvalue weighted by Gasteiger charge is -2.04. The van der Waals surface area contributed by atoms with Gasteiger partial charge < -0.3 is 13.6 Å². The van der Waals surface area contributed by atoms with Crippen LogP contribution in [0.2, 0.25) is 0 Å². The predicted octanol–water partition coefficient (Wildman–Crippen LogP) is 4.95. The standard InChI is InChI=1S/C20H14O5S/c1-11-10-26-12(2)18(11)25-20(22)14-7-8-16(24-19(14)21)17-9-13-5-3-4-6-15(13)23-17/h3-10H,1-2H3. The predicted molar refractivity (Wildman–Crippen MR) is 98.9 cm³/mol. The highest BCUT2D eigenvalue weighted by Crippen LogP contribution is 2.30. The summed E-state index contributed by atoms with van der Waals surface area (Å²) in [5.74, 6) is 0.429. The molecule has 130 valence electrons. The number of ether oxygens (including phenoxy) is 1. The van der Waals surface area contributed by atoms with Gasteiger partial charge in [-0.15, -0.1) is 11.3 Å². The Morgan fingerprint density at radius 1 is 1.04 bits per heavy atom. The number of furan rings is 1. The van der Waals surface area contributed by atoms with Gasteiger partial charge in [0.1, 0.15) is 16.9 Å². The van der Waals surface area contributed by atoms with Crippen LogP contribution in [0.15, 0.2) is 61.5 Å². The highest BCUT2D eigenvalue weighted by molar-refractivity contribution is 7.10. The van der Waals surface area contributed by atoms with Gasteiger partial charge in [0.25, 0.3) is 0 Å². The van der Waals surface area contributed by atoms with Crippen molar-refractivity contribution in [1.82, 2.24) is 0 Å². The van der Waals surface area contributed by atoms with E-state index in [0.717, 1.165) is 15.8 Å². The number of carbonyl (C=O) groups excluding carboxylic acids is 1. The molecule has 5 nitrogen and oxygen atoms in total. The molecule has 0 bridgehead atoms. The first-order valence-corrected chi connectivity index (χ1v) is 8.81. The van der Waals surface area contributed by atoms with Crippen molar-refractivity contribution in [3.05, 3.63) is 74.3 Å². The van der Waals surface area contributed by atoms with Gasteiger partial charge in [0.05, 0.1) is 0 Å². The molecular weight excluding hydrogens is 352 g/mol. The Balaban J connectivity index is 1.65. The zero-order valence-corrected chi connectivity index (χ0v) is 14.9. The van der Waals surface area contributed by atoms with Crippen molar-refractivity contribution in [3.8, 4) is 17.3 Å². The van der Waals surface area contributed by atoms with Crippen LogP contribution in [-0.2, 0) is 0 Å². The van der Waals surface area contributed by atoms with Crippen LogP contribution in [0.5, 0.6) is 5.75 Å². The fourth-order valence-electron chi connectivity index (χ4n) is 2.66. The quantitative estimate of drug-likeness (QED) is 0.480. The molecule has 4 aromatic rings. The third-order valence-corrected chi connectivity index (χ3v) is 5.01. The van der Waals surface area contributed by atoms with E-state index in [9.17, 15) is 9.59 Å². The number of para-hydroxylation sites is 1. The van der Waals surface area contributed by atoms with Gasteiger partial charge in [0.2, 0.25) is 0 Å². The van der Waals surface area contributed by atoms with Gasteiger partial charge >= 0.3 is 11.6 Å². The Morgan fingerprint density at radius 3 is 2.54 bits per heavy atom. The maximum Gasteiger partial charge on any atom is 0.351 e. The van der Waals surface area contributed by atoms with Crippen LogP contribution in [0.3, 0.4) is 0 Å². The van der Waals surface area contributed by atoms with Crippen molar-refractivity contribution < 1.29 is 18.4 Å². The summed E-state index contributed by atoms with van der Waals surface area (Å²) in [5.41, 5.74) is 0.620. The summed E-state index contributed by atoms with van der Waals surface area (Å²) in [7, 11) is 0. The van der Waals surface area contributed by atoms with Crippen LogP contribution in [-0.4, -0.2) is 5.97 Å². The number of hydrogen-bond donors (Lipinski definition) is 0. The minimum Gasteiger partial charge on any atom is -0.453 e. The second-order valence-corrected chi connectivity index (χ2v) is 6.93. The molecular formula is C20H14O5S. The third kappa shape index (κ3) is 2.84. The highest BCUT2D eigenvalue weighted by Gasteiger charge is 2.19. The fourth-order valence-corrected chi connectivity index (χ4v) is 3.43. The van der Waals surface area contributed by atoms with Gasteiger partial charge in [-0.2, -0.15) is 0 Å². The molecule has 0 amide bonds. The molecule has 0 radical (unpaired) electrons. The van der Waals surface area contributed by atoms with Crippen molar-refractivity contribution in [2.24, 2.45) is 0 Å². The zero-order chi connectivity index (χ0) is 18.3. The molecule has 0 aliphatic carbocycles. The maximum absolute atomic E-state index is 12.3. The molecule has 0 aliphatic rings. The third-order valence-electron chi connectivity index (χ3n) is 4.00. The van der Waals surface area contributed by atoms with Crippen molar-refractivity contribution in [1.29, 1.82) is 0 Å². The Bertz CT molecular complexity index is 1130. The number of carbonyl (C=O) groups is 1. The first-order valence-electron chi connectivity index (χ1n) is 7.93. The van der Waals surface area contributed by atoms with Gasteiger partial charge in [-0.3, -0.25) is 0 Å². The maximum atomic E-state index is 12.3. The fraction of sp³-hybridized carbons (Fsp3) is 0.100. The van der Waals surface area contributed by atoms with Crippen LogP contribution < -0.4 is 10.4 Å². The van der Waals surface area contributed by atoms with Crippen molar-refractivity contribution in [2.45, 2.75) is 13.8 Å². The van der Waals surface area contributed by atoms with Crippen molar-refractivity contribution >= 4 is 28.3 Å². The monoisotopic (exact) mass is 366 g/mol. The van der Waals surface area contributed by atoms with E-state index in [0.29, 0.717) is 17.1 Å². The molecule has 1 aromatic carbocycles. The van der Waals surface area contributed by atoms with Gasteiger partial charge in [-0.1, -0.05) is 18.2 Å². The first kappa shape index (κ1) is 16.4. The Hall–Kier alpha value is -3.12. The number of rotatable bonds is 3. The molecule has 3 heterocycles. The lowest BCUT2D eigenvalue weighted by Crippen LogP contribution is -2.19. The van der Waals surface area contributed by atoms with E-state index in [2.05, 4.69) is 0 Å².